The fourth-order valence-corrected chi connectivity index (χ4v) is 3.85. The highest BCUT2D eigenvalue weighted by atomic mass is 16.3. The summed E-state index contributed by atoms with van der Waals surface area (Å²) in [7, 11) is 1.89. The first-order valence-corrected chi connectivity index (χ1v) is 8.98. The second-order valence-corrected chi connectivity index (χ2v) is 6.96. The summed E-state index contributed by atoms with van der Waals surface area (Å²) in [5, 5.41) is 1.08. The largest absolute Gasteiger partial charge is 0.459 e. The predicted octanol–water partition coefficient (Wildman–Crippen LogP) is 5.07. The van der Waals surface area contributed by atoms with E-state index in [0.717, 1.165) is 36.0 Å². The van der Waals surface area contributed by atoms with Crippen molar-refractivity contribution in [2.24, 2.45) is 0 Å². The van der Waals surface area contributed by atoms with E-state index < -0.39 is 0 Å². The van der Waals surface area contributed by atoms with Crippen LogP contribution < -0.4 is 0 Å². The number of fused-ring (bicyclic) bond motifs is 2. The average molecular weight is 333 g/mol. The Balaban J connectivity index is 1.60. The lowest BCUT2D eigenvalue weighted by Gasteiger charge is -2.31. The number of nitrogens with zero attached hydrogens (tertiary/aromatic N) is 1. The number of hydrogen-bond acceptors (Lipinski definition) is 2. The number of para-hydroxylation sites is 1. The zero-order chi connectivity index (χ0) is 17.4. The Hall–Kier alpha value is -2.55. The van der Waals surface area contributed by atoms with E-state index >= 15 is 0 Å². The summed E-state index contributed by atoms with van der Waals surface area (Å²) in [5.74, 6) is 0.975. The van der Waals surface area contributed by atoms with Crippen LogP contribution in [0.2, 0.25) is 0 Å². The van der Waals surface area contributed by atoms with Gasteiger partial charge in [0.25, 0.3) is 0 Å². The normalized spacial score (nSPS) is 17.9. The smallest absolute Gasteiger partial charge is 0.230 e. The molecule has 0 aliphatic heterocycles. The number of carbonyl (C=O) groups excluding carboxylic acids is 1. The van der Waals surface area contributed by atoms with E-state index in [4.69, 9.17) is 4.42 Å². The molecule has 25 heavy (non-hydrogen) atoms. The van der Waals surface area contributed by atoms with Crippen molar-refractivity contribution in [1.29, 1.82) is 0 Å². The molecule has 1 amide bonds. The van der Waals surface area contributed by atoms with Gasteiger partial charge in [0.1, 0.15) is 11.3 Å². The van der Waals surface area contributed by atoms with Crippen LogP contribution in [-0.4, -0.2) is 17.9 Å². The third kappa shape index (κ3) is 2.84. The Morgan fingerprint density at radius 1 is 1.16 bits per heavy atom. The molecule has 0 radical (unpaired) electrons. The van der Waals surface area contributed by atoms with Gasteiger partial charge >= 0.3 is 0 Å². The molecule has 1 aliphatic carbocycles. The molecule has 1 aliphatic rings. The molecule has 3 heteroatoms. The van der Waals surface area contributed by atoms with Gasteiger partial charge in [-0.15, -0.1) is 0 Å². The fraction of sp³-hybridized carbons (Fsp3) is 0.318. The minimum absolute atomic E-state index is 0.0400. The van der Waals surface area contributed by atoms with Crippen LogP contribution in [-0.2, 0) is 11.2 Å². The van der Waals surface area contributed by atoms with E-state index in [2.05, 4.69) is 18.2 Å². The van der Waals surface area contributed by atoms with Gasteiger partial charge in [-0.2, -0.15) is 0 Å². The van der Waals surface area contributed by atoms with Crippen molar-refractivity contribution in [3.05, 3.63) is 71.5 Å². The molecule has 0 saturated carbocycles. The van der Waals surface area contributed by atoms with Gasteiger partial charge < -0.3 is 9.32 Å². The van der Waals surface area contributed by atoms with Crippen molar-refractivity contribution >= 4 is 16.9 Å². The second kappa shape index (κ2) is 6.40. The van der Waals surface area contributed by atoms with E-state index in [1.54, 1.807) is 0 Å². The quantitative estimate of drug-likeness (QED) is 0.670. The van der Waals surface area contributed by atoms with E-state index in [9.17, 15) is 4.79 Å². The fourth-order valence-electron chi connectivity index (χ4n) is 3.85. The number of hydrogen-bond donors (Lipinski definition) is 0. The molecule has 0 fully saturated rings. The monoisotopic (exact) mass is 333 g/mol. The van der Waals surface area contributed by atoms with Crippen molar-refractivity contribution in [2.75, 3.05) is 7.05 Å². The first-order chi connectivity index (χ1) is 12.1. The summed E-state index contributed by atoms with van der Waals surface area (Å²) < 4.78 is 5.96. The third-order valence-electron chi connectivity index (χ3n) is 5.45. The van der Waals surface area contributed by atoms with E-state index in [1.165, 1.54) is 11.1 Å². The summed E-state index contributed by atoms with van der Waals surface area (Å²) >= 11 is 0. The van der Waals surface area contributed by atoms with Crippen LogP contribution in [0.4, 0.5) is 0 Å². The SMILES string of the molecule is C[C@@H](c1cc2ccccc2o1)N(C)C(=O)[C@@H]1CCCc2ccccc21. The lowest BCUT2D eigenvalue weighted by Crippen LogP contribution is -2.35. The van der Waals surface area contributed by atoms with Gasteiger partial charge in [0, 0.05) is 12.4 Å². The zero-order valence-electron chi connectivity index (χ0n) is 14.7. The second-order valence-electron chi connectivity index (χ2n) is 6.96. The van der Waals surface area contributed by atoms with Crippen LogP contribution in [0.15, 0.2) is 59.0 Å². The van der Waals surface area contributed by atoms with Crippen LogP contribution in [0, 0.1) is 0 Å². The first kappa shape index (κ1) is 15.9. The van der Waals surface area contributed by atoms with Gasteiger partial charge in [0.15, 0.2) is 0 Å². The summed E-state index contributed by atoms with van der Waals surface area (Å²) in [5.41, 5.74) is 3.38. The van der Waals surface area contributed by atoms with Crippen LogP contribution in [0.25, 0.3) is 11.0 Å². The molecule has 0 saturated heterocycles. The number of carbonyl (C=O) groups is 1. The summed E-state index contributed by atoms with van der Waals surface area (Å²) in [4.78, 5) is 15.0. The van der Waals surface area contributed by atoms with Gasteiger partial charge in [0.2, 0.25) is 5.91 Å². The van der Waals surface area contributed by atoms with E-state index in [0.29, 0.717) is 0 Å². The Kier molecular flexibility index (Phi) is 4.08. The predicted molar refractivity (Wildman–Crippen MR) is 99.5 cm³/mol. The summed E-state index contributed by atoms with van der Waals surface area (Å²) in [6.45, 7) is 2.03. The molecule has 128 valence electrons. The van der Waals surface area contributed by atoms with Gasteiger partial charge in [-0.05, 0) is 49.4 Å². The van der Waals surface area contributed by atoms with Crippen LogP contribution in [0.5, 0.6) is 0 Å². The van der Waals surface area contributed by atoms with Crippen LogP contribution >= 0.6 is 0 Å². The first-order valence-electron chi connectivity index (χ1n) is 8.98. The number of rotatable bonds is 3. The molecule has 1 aromatic heterocycles. The average Bonchev–Trinajstić information content (AvgIpc) is 3.10. The maximum Gasteiger partial charge on any atom is 0.230 e. The van der Waals surface area contributed by atoms with Crippen molar-refractivity contribution in [1.82, 2.24) is 4.90 Å². The molecular weight excluding hydrogens is 310 g/mol. The number of aryl methyl sites for hydroxylation is 1. The molecular formula is C22H23NO2. The van der Waals surface area contributed by atoms with Gasteiger partial charge in [0.05, 0.1) is 12.0 Å². The van der Waals surface area contributed by atoms with Crippen LogP contribution in [0.3, 0.4) is 0 Å². The molecule has 0 unspecified atom stereocenters. The lowest BCUT2D eigenvalue weighted by molar-refractivity contribution is -0.134. The maximum absolute atomic E-state index is 13.2. The van der Waals surface area contributed by atoms with Gasteiger partial charge in [-0.1, -0.05) is 42.5 Å². The van der Waals surface area contributed by atoms with Crippen molar-refractivity contribution < 1.29 is 9.21 Å². The number of likely N-dealkylation sites (N-methyl/N-ethyl adjacent to an activating group) is 1. The maximum atomic E-state index is 13.2. The lowest BCUT2D eigenvalue weighted by atomic mass is 9.82. The number of amides is 1. The van der Waals surface area contributed by atoms with Crippen molar-refractivity contribution in [3.8, 4) is 0 Å². The minimum atomic E-state index is -0.0889. The van der Waals surface area contributed by atoms with Gasteiger partial charge in [-0.25, -0.2) is 0 Å². The molecule has 0 spiro atoms. The third-order valence-corrected chi connectivity index (χ3v) is 5.45. The molecule has 1 heterocycles. The summed E-state index contributed by atoms with van der Waals surface area (Å²) in [6, 6.07) is 18.3. The Bertz CT molecular complexity index is 878. The molecule has 0 bridgehead atoms. The van der Waals surface area contributed by atoms with Gasteiger partial charge in [-0.3, -0.25) is 4.79 Å². The highest BCUT2D eigenvalue weighted by Crippen LogP contribution is 2.35. The van der Waals surface area contributed by atoms with Crippen LogP contribution in [0.1, 0.15) is 48.6 Å². The van der Waals surface area contributed by atoms with Crippen molar-refractivity contribution in [3.63, 3.8) is 0 Å². The molecule has 2 atom stereocenters. The molecule has 0 N–H and O–H groups in total. The molecule has 3 aromatic rings. The Morgan fingerprint density at radius 3 is 2.76 bits per heavy atom. The Labute approximate surface area is 148 Å². The van der Waals surface area contributed by atoms with E-state index in [1.807, 2.05) is 55.3 Å². The standard InChI is InChI=1S/C22H23NO2/c1-15(21-14-17-9-4-6-13-20(17)25-21)23(2)22(24)19-12-7-10-16-8-3-5-11-18(16)19/h3-6,8-9,11,13-15,19H,7,10,12H2,1-2H3/t15-,19+/m0/s1. The Morgan fingerprint density at radius 2 is 1.92 bits per heavy atom. The number of benzene rings is 2. The summed E-state index contributed by atoms with van der Waals surface area (Å²) in [6.07, 6.45) is 3.07. The topological polar surface area (TPSA) is 33.5 Å². The molecule has 2 aromatic carbocycles. The molecule has 3 nitrogen and oxygen atoms in total. The number of furan rings is 1. The minimum Gasteiger partial charge on any atom is -0.459 e. The van der Waals surface area contributed by atoms with Crippen molar-refractivity contribution in [2.45, 2.75) is 38.1 Å². The highest BCUT2D eigenvalue weighted by Gasteiger charge is 2.31. The van der Waals surface area contributed by atoms with E-state index in [-0.39, 0.29) is 17.9 Å². The zero-order valence-corrected chi connectivity index (χ0v) is 14.7. The highest BCUT2D eigenvalue weighted by molar-refractivity contribution is 5.85. The molecule has 4 rings (SSSR count).